The number of aryl methyl sites for hydroxylation is 1. The van der Waals surface area contributed by atoms with Crippen LogP contribution in [0.4, 0.5) is 4.39 Å². The predicted molar refractivity (Wildman–Crippen MR) is 62.2 cm³/mol. The van der Waals surface area contributed by atoms with Crippen LogP contribution in [0.2, 0.25) is 0 Å². The number of hydrogen-bond donors (Lipinski definition) is 2. The molecule has 2 N–H and O–H groups in total. The van der Waals surface area contributed by atoms with Crippen LogP contribution in [0.5, 0.6) is 5.75 Å². The molecule has 0 radical (unpaired) electrons. The molecular weight excluding hydrogens is 239 g/mol. The second-order valence-electron chi connectivity index (χ2n) is 3.78. The summed E-state index contributed by atoms with van der Waals surface area (Å²) in [5.74, 6) is -1.44. The zero-order chi connectivity index (χ0) is 13.3. The largest absolute Gasteiger partial charge is 0.493 e. The van der Waals surface area contributed by atoms with Crippen LogP contribution in [-0.2, 0) is 0 Å². The number of rotatable bonds is 3. The number of H-pyrrole nitrogens is 1. The van der Waals surface area contributed by atoms with E-state index in [4.69, 9.17) is 9.84 Å². The molecule has 0 unspecified atom stereocenters. The Morgan fingerprint density at radius 3 is 2.67 bits per heavy atom. The molecule has 1 heterocycles. The summed E-state index contributed by atoms with van der Waals surface area (Å²) in [5.41, 5.74) is 1.44. The average molecular weight is 250 g/mol. The monoisotopic (exact) mass is 250 g/mol. The van der Waals surface area contributed by atoms with Gasteiger partial charge in [0.25, 0.3) is 0 Å². The summed E-state index contributed by atoms with van der Waals surface area (Å²) in [6.07, 6.45) is 0. The van der Waals surface area contributed by atoms with Gasteiger partial charge in [0, 0.05) is 5.56 Å². The Labute approximate surface area is 102 Å². The highest BCUT2D eigenvalue weighted by Crippen LogP contribution is 2.28. The number of aromatic amines is 1. The number of carboxylic acid groups (broad SMARTS) is 1. The minimum atomic E-state index is -1.11. The molecule has 0 saturated heterocycles. The Hall–Kier alpha value is -2.37. The van der Waals surface area contributed by atoms with Gasteiger partial charge in [-0.3, -0.25) is 5.10 Å². The number of benzene rings is 1. The molecule has 0 aliphatic carbocycles. The fourth-order valence-electron chi connectivity index (χ4n) is 1.72. The van der Waals surface area contributed by atoms with Crippen LogP contribution in [0, 0.1) is 12.7 Å². The lowest BCUT2D eigenvalue weighted by atomic mass is 10.1. The molecule has 1 aromatic carbocycles. The minimum absolute atomic E-state index is 0.0427. The highest BCUT2D eigenvalue weighted by Gasteiger charge is 2.13. The lowest BCUT2D eigenvalue weighted by Crippen LogP contribution is -1.95. The van der Waals surface area contributed by atoms with Gasteiger partial charge in [-0.15, -0.1) is 0 Å². The van der Waals surface area contributed by atoms with Crippen molar-refractivity contribution in [3.8, 4) is 17.0 Å². The number of hydrogen-bond acceptors (Lipinski definition) is 3. The SMILES string of the molecule is COc1c(C)cc(-c2cc(C(=O)O)[nH]n2)cc1F. The molecule has 94 valence electrons. The molecule has 0 atom stereocenters. The van der Waals surface area contributed by atoms with Gasteiger partial charge in [0.1, 0.15) is 5.69 Å². The quantitative estimate of drug-likeness (QED) is 0.875. The zero-order valence-electron chi connectivity index (χ0n) is 9.82. The van der Waals surface area contributed by atoms with E-state index in [1.54, 1.807) is 13.0 Å². The highest BCUT2D eigenvalue weighted by atomic mass is 19.1. The molecule has 0 spiro atoms. The zero-order valence-corrected chi connectivity index (χ0v) is 9.82. The van der Waals surface area contributed by atoms with Gasteiger partial charge in [0.15, 0.2) is 11.6 Å². The summed E-state index contributed by atoms with van der Waals surface area (Å²) in [6, 6.07) is 4.29. The number of carbonyl (C=O) groups is 1. The van der Waals surface area contributed by atoms with Gasteiger partial charge < -0.3 is 9.84 Å². The number of aromatic carboxylic acids is 1. The third-order valence-corrected chi connectivity index (χ3v) is 2.54. The summed E-state index contributed by atoms with van der Waals surface area (Å²) < 4.78 is 18.6. The molecule has 18 heavy (non-hydrogen) atoms. The maximum atomic E-state index is 13.7. The van der Waals surface area contributed by atoms with Crippen molar-refractivity contribution in [3.05, 3.63) is 35.3 Å². The molecule has 0 bridgehead atoms. The van der Waals surface area contributed by atoms with Crippen molar-refractivity contribution in [3.63, 3.8) is 0 Å². The molecule has 5 nitrogen and oxygen atoms in total. The topological polar surface area (TPSA) is 75.2 Å². The van der Waals surface area contributed by atoms with E-state index in [2.05, 4.69) is 10.2 Å². The normalized spacial score (nSPS) is 10.4. The van der Waals surface area contributed by atoms with Gasteiger partial charge in [-0.2, -0.15) is 5.10 Å². The van der Waals surface area contributed by atoms with Crippen molar-refractivity contribution in [2.45, 2.75) is 6.92 Å². The van der Waals surface area contributed by atoms with E-state index in [0.717, 1.165) is 0 Å². The summed E-state index contributed by atoms with van der Waals surface area (Å²) in [6.45, 7) is 1.70. The molecule has 0 fully saturated rings. The Balaban J connectivity index is 2.47. The first kappa shape index (κ1) is 12.1. The first-order valence-corrected chi connectivity index (χ1v) is 5.16. The van der Waals surface area contributed by atoms with E-state index < -0.39 is 11.8 Å². The predicted octanol–water partition coefficient (Wildman–Crippen LogP) is 2.23. The molecule has 0 amide bonds. The van der Waals surface area contributed by atoms with Gasteiger partial charge in [-0.05, 0) is 30.7 Å². The number of nitrogens with zero attached hydrogens (tertiary/aromatic N) is 1. The van der Waals surface area contributed by atoms with Crippen molar-refractivity contribution in [2.24, 2.45) is 0 Å². The number of methoxy groups -OCH3 is 1. The van der Waals surface area contributed by atoms with Crippen molar-refractivity contribution in [2.75, 3.05) is 7.11 Å². The van der Waals surface area contributed by atoms with E-state index in [9.17, 15) is 9.18 Å². The van der Waals surface area contributed by atoms with Crippen LogP contribution in [0.25, 0.3) is 11.3 Å². The van der Waals surface area contributed by atoms with Crippen molar-refractivity contribution < 1.29 is 19.0 Å². The summed E-state index contributed by atoms with van der Waals surface area (Å²) in [7, 11) is 1.39. The number of nitrogens with one attached hydrogen (secondary N) is 1. The van der Waals surface area contributed by atoms with E-state index in [1.807, 2.05) is 0 Å². The van der Waals surface area contributed by atoms with Gasteiger partial charge in [-0.1, -0.05) is 0 Å². The smallest absolute Gasteiger partial charge is 0.353 e. The molecular formula is C12H11FN2O3. The fourth-order valence-corrected chi connectivity index (χ4v) is 1.72. The highest BCUT2D eigenvalue weighted by molar-refractivity contribution is 5.86. The Morgan fingerprint density at radius 2 is 2.17 bits per heavy atom. The first-order chi connectivity index (χ1) is 8.52. The van der Waals surface area contributed by atoms with E-state index in [-0.39, 0.29) is 11.4 Å². The Morgan fingerprint density at radius 1 is 1.44 bits per heavy atom. The Kier molecular flexibility index (Phi) is 3.01. The van der Waals surface area contributed by atoms with Crippen LogP contribution < -0.4 is 4.74 Å². The van der Waals surface area contributed by atoms with E-state index in [0.29, 0.717) is 16.8 Å². The van der Waals surface area contributed by atoms with Crippen molar-refractivity contribution in [1.82, 2.24) is 10.2 Å². The minimum Gasteiger partial charge on any atom is -0.493 e. The summed E-state index contributed by atoms with van der Waals surface area (Å²) in [5, 5.41) is 15.0. The number of aromatic nitrogens is 2. The second kappa shape index (κ2) is 4.48. The maximum absolute atomic E-state index is 13.7. The van der Waals surface area contributed by atoms with Crippen LogP contribution in [-0.4, -0.2) is 28.4 Å². The van der Waals surface area contributed by atoms with Crippen LogP contribution >= 0.6 is 0 Å². The lowest BCUT2D eigenvalue weighted by Gasteiger charge is -2.07. The first-order valence-electron chi connectivity index (χ1n) is 5.16. The van der Waals surface area contributed by atoms with Crippen molar-refractivity contribution in [1.29, 1.82) is 0 Å². The van der Waals surface area contributed by atoms with Gasteiger partial charge in [0.05, 0.1) is 12.8 Å². The summed E-state index contributed by atoms with van der Waals surface area (Å²) >= 11 is 0. The lowest BCUT2D eigenvalue weighted by molar-refractivity contribution is 0.0690. The Bertz CT molecular complexity index is 584. The molecule has 1 aromatic heterocycles. The van der Waals surface area contributed by atoms with Crippen LogP contribution in [0.3, 0.4) is 0 Å². The van der Waals surface area contributed by atoms with Gasteiger partial charge in [-0.25, -0.2) is 9.18 Å². The number of ether oxygens (including phenoxy) is 1. The van der Waals surface area contributed by atoms with Crippen LogP contribution in [0.15, 0.2) is 18.2 Å². The summed E-state index contributed by atoms with van der Waals surface area (Å²) in [4.78, 5) is 10.7. The molecule has 0 aliphatic rings. The number of halogens is 1. The van der Waals surface area contributed by atoms with Crippen molar-refractivity contribution >= 4 is 5.97 Å². The fraction of sp³-hybridized carbons (Fsp3) is 0.167. The molecule has 2 rings (SSSR count). The van der Waals surface area contributed by atoms with Gasteiger partial charge in [0.2, 0.25) is 0 Å². The van der Waals surface area contributed by atoms with E-state index in [1.165, 1.54) is 19.2 Å². The average Bonchev–Trinajstić information content (AvgIpc) is 2.77. The molecule has 0 saturated carbocycles. The third kappa shape index (κ3) is 2.04. The van der Waals surface area contributed by atoms with Gasteiger partial charge >= 0.3 is 5.97 Å². The molecule has 2 aromatic rings. The number of carboxylic acids is 1. The molecule has 0 aliphatic heterocycles. The molecule has 6 heteroatoms. The maximum Gasteiger partial charge on any atom is 0.353 e. The third-order valence-electron chi connectivity index (χ3n) is 2.54. The van der Waals surface area contributed by atoms with E-state index >= 15 is 0 Å². The van der Waals surface area contributed by atoms with Crippen LogP contribution in [0.1, 0.15) is 16.1 Å². The second-order valence-corrected chi connectivity index (χ2v) is 3.78. The standard InChI is InChI=1S/C12H11FN2O3/c1-6-3-7(4-8(13)11(6)18-2)9-5-10(12(16)17)15-14-9/h3-5H,1-2H3,(H,14,15)(H,16,17).